The van der Waals surface area contributed by atoms with Crippen LogP contribution in [-0.4, -0.2) is 25.0 Å². The van der Waals surface area contributed by atoms with Crippen molar-refractivity contribution in [2.45, 2.75) is 6.42 Å². The van der Waals surface area contributed by atoms with Gasteiger partial charge in [0.05, 0.1) is 25.5 Å². The van der Waals surface area contributed by atoms with Crippen LogP contribution in [0, 0.1) is 0 Å². The molecule has 0 spiro atoms. The third-order valence-corrected chi connectivity index (χ3v) is 1.12. The molecule has 0 aromatic heterocycles. The van der Waals surface area contributed by atoms with Gasteiger partial charge in [-0.15, -0.1) is 0 Å². The van der Waals surface area contributed by atoms with E-state index >= 15 is 0 Å². The number of rotatable bonds is 4. The first-order valence-corrected chi connectivity index (χ1v) is 3.17. The molecule has 0 amide bonds. The van der Waals surface area contributed by atoms with E-state index in [9.17, 15) is 24.6 Å². The number of hydrogen-bond acceptors (Lipinski definition) is 6. The highest BCUT2D eigenvalue weighted by atomic mass is 16.5. The van der Waals surface area contributed by atoms with E-state index < -0.39 is 29.9 Å². The van der Waals surface area contributed by atoms with Gasteiger partial charge in [-0.2, -0.15) is 0 Å². The molecule has 0 bridgehead atoms. The molecule has 13 heavy (non-hydrogen) atoms. The minimum atomic E-state index is -1.74. The lowest BCUT2D eigenvalue weighted by Crippen LogP contribution is -2.29. The summed E-state index contributed by atoms with van der Waals surface area (Å²) in [6, 6.07) is 0. The van der Waals surface area contributed by atoms with Crippen molar-refractivity contribution in [3.63, 3.8) is 0 Å². The first kappa shape index (κ1) is 11.2. The quantitative estimate of drug-likeness (QED) is 0.341. The fraction of sp³-hybridized carbons (Fsp3) is 0.286. The lowest BCUT2D eigenvalue weighted by atomic mass is 10.2. The largest absolute Gasteiger partial charge is 0.545 e. The van der Waals surface area contributed by atoms with E-state index in [0.29, 0.717) is 0 Å². The highest BCUT2D eigenvalue weighted by Crippen LogP contribution is 2.00. The van der Waals surface area contributed by atoms with Crippen LogP contribution in [0.15, 0.2) is 11.6 Å². The smallest absolute Gasteiger partial charge is 0.310 e. The molecule has 0 aromatic rings. The Kier molecular flexibility index (Phi) is 4.21. The number of aliphatic carboxylic acids is 2. The van der Waals surface area contributed by atoms with Gasteiger partial charge in [0.2, 0.25) is 0 Å². The number of hydrogen-bond donors (Lipinski definition) is 0. The SMILES string of the molecule is COC(=O)C/C(=C/C(=O)[O-])C(=O)[O-]. The van der Waals surface area contributed by atoms with E-state index in [1.54, 1.807) is 0 Å². The second kappa shape index (κ2) is 4.91. The minimum Gasteiger partial charge on any atom is -0.545 e. The first-order chi connectivity index (χ1) is 5.97. The summed E-state index contributed by atoms with van der Waals surface area (Å²) >= 11 is 0. The molecule has 0 aromatic carbocycles. The number of carbonyl (C=O) groups excluding carboxylic acids is 3. The zero-order valence-corrected chi connectivity index (χ0v) is 6.73. The molecule has 0 saturated carbocycles. The second-order valence-electron chi connectivity index (χ2n) is 2.03. The van der Waals surface area contributed by atoms with Crippen LogP contribution in [0.4, 0.5) is 0 Å². The van der Waals surface area contributed by atoms with Crippen molar-refractivity contribution in [1.29, 1.82) is 0 Å². The summed E-state index contributed by atoms with van der Waals surface area (Å²) in [6.45, 7) is 0. The van der Waals surface area contributed by atoms with Crippen LogP contribution in [0.1, 0.15) is 6.42 Å². The van der Waals surface area contributed by atoms with Gasteiger partial charge < -0.3 is 24.5 Å². The molecule has 0 atom stereocenters. The van der Waals surface area contributed by atoms with E-state index in [0.717, 1.165) is 7.11 Å². The average molecular weight is 186 g/mol. The van der Waals surface area contributed by atoms with Crippen LogP contribution in [0.5, 0.6) is 0 Å². The van der Waals surface area contributed by atoms with Crippen LogP contribution in [0.3, 0.4) is 0 Å². The Morgan fingerprint density at radius 2 is 1.85 bits per heavy atom. The molecular formula is C7H6O6-2. The zero-order valence-electron chi connectivity index (χ0n) is 6.73. The maximum Gasteiger partial charge on any atom is 0.310 e. The molecule has 0 aliphatic rings. The van der Waals surface area contributed by atoms with Crippen LogP contribution >= 0.6 is 0 Å². The molecule has 0 radical (unpaired) electrons. The summed E-state index contributed by atoms with van der Waals surface area (Å²) in [4.78, 5) is 30.7. The molecule has 0 aliphatic carbocycles. The highest BCUT2D eigenvalue weighted by molar-refractivity contribution is 5.96. The fourth-order valence-corrected chi connectivity index (χ4v) is 0.552. The average Bonchev–Trinajstić information content (AvgIpc) is 2.02. The van der Waals surface area contributed by atoms with Crippen molar-refractivity contribution in [1.82, 2.24) is 0 Å². The molecule has 0 unspecified atom stereocenters. The van der Waals surface area contributed by atoms with Crippen LogP contribution in [0.25, 0.3) is 0 Å². The maximum absolute atomic E-state index is 10.5. The number of carboxylic acid groups (broad SMARTS) is 2. The van der Waals surface area contributed by atoms with E-state index in [1.165, 1.54) is 0 Å². The molecule has 6 heteroatoms. The van der Waals surface area contributed by atoms with E-state index in [4.69, 9.17) is 0 Å². The summed E-state index contributed by atoms with van der Waals surface area (Å²) < 4.78 is 4.13. The third kappa shape index (κ3) is 4.57. The lowest BCUT2D eigenvalue weighted by molar-refractivity contribution is -0.303. The number of carbonyl (C=O) groups is 3. The number of methoxy groups -OCH3 is 1. The van der Waals surface area contributed by atoms with Crippen LogP contribution < -0.4 is 10.2 Å². The maximum atomic E-state index is 10.5. The van der Waals surface area contributed by atoms with Crippen molar-refractivity contribution >= 4 is 17.9 Å². The van der Waals surface area contributed by atoms with E-state index in [-0.39, 0.29) is 6.08 Å². The Bertz CT molecular complexity index is 264. The van der Waals surface area contributed by atoms with Crippen molar-refractivity contribution in [3.8, 4) is 0 Å². The number of ether oxygens (including phenoxy) is 1. The van der Waals surface area contributed by atoms with Gasteiger partial charge in [-0.3, -0.25) is 4.79 Å². The molecular weight excluding hydrogens is 180 g/mol. The Morgan fingerprint density at radius 1 is 1.31 bits per heavy atom. The van der Waals surface area contributed by atoms with E-state index in [1.807, 2.05) is 0 Å². The van der Waals surface area contributed by atoms with Gasteiger partial charge in [0.15, 0.2) is 0 Å². The van der Waals surface area contributed by atoms with Gasteiger partial charge in [-0.25, -0.2) is 0 Å². The molecule has 0 fully saturated rings. The van der Waals surface area contributed by atoms with Gasteiger partial charge in [0, 0.05) is 0 Å². The molecule has 0 saturated heterocycles. The van der Waals surface area contributed by atoms with Crippen LogP contribution in [0.2, 0.25) is 0 Å². The minimum absolute atomic E-state index is 0.284. The Hall–Kier alpha value is -1.85. The molecule has 0 rings (SSSR count). The normalized spacial score (nSPS) is 10.7. The van der Waals surface area contributed by atoms with Crippen molar-refractivity contribution in [2.24, 2.45) is 0 Å². The van der Waals surface area contributed by atoms with Gasteiger partial charge >= 0.3 is 5.97 Å². The molecule has 6 nitrogen and oxygen atoms in total. The topological polar surface area (TPSA) is 107 Å². The molecule has 72 valence electrons. The highest BCUT2D eigenvalue weighted by Gasteiger charge is 2.06. The Labute approximate surface area is 73.4 Å². The lowest BCUT2D eigenvalue weighted by Gasteiger charge is -2.07. The van der Waals surface area contributed by atoms with Crippen molar-refractivity contribution in [3.05, 3.63) is 11.6 Å². The summed E-state index contributed by atoms with van der Waals surface area (Å²) in [6.07, 6.45) is -0.376. The molecule has 0 N–H and O–H groups in total. The third-order valence-electron chi connectivity index (χ3n) is 1.12. The summed E-state index contributed by atoms with van der Waals surface area (Å²) in [5.74, 6) is -4.31. The summed E-state index contributed by atoms with van der Waals surface area (Å²) in [7, 11) is 1.05. The number of esters is 1. The first-order valence-electron chi connectivity index (χ1n) is 3.17. The van der Waals surface area contributed by atoms with Crippen molar-refractivity contribution in [2.75, 3.05) is 7.11 Å². The second-order valence-corrected chi connectivity index (χ2v) is 2.03. The predicted molar refractivity (Wildman–Crippen MR) is 34.7 cm³/mol. The Balaban J connectivity index is 4.54. The monoisotopic (exact) mass is 186 g/mol. The standard InChI is InChI=1S/C7H8O6/c1-13-6(10)3-4(7(11)12)2-5(8)9/h2H,3H2,1H3,(H,8,9)(H,11,12)/p-2/b4-2-. The van der Waals surface area contributed by atoms with Gasteiger partial charge in [0.1, 0.15) is 0 Å². The summed E-state index contributed by atoms with van der Waals surface area (Å²) in [5, 5.41) is 20.2. The zero-order chi connectivity index (χ0) is 10.4. The number of carboxylic acids is 2. The van der Waals surface area contributed by atoms with Crippen LogP contribution in [-0.2, 0) is 19.1 Å². The molecule has 0 aliphatic heterocycles. The Morgan fingerprint density at radius 3 is 2.15 bits per heavy atom. The predicted octanol–water partition coefficient (Wildman–Crippen LogP) is -3.02. The van der Waals surface area contributed by atoms with Gasteiger partial charge in [0.25, 0.3) is 0 Å². The van der Waals surface area contributed by atoms with E-state index in [2.05, 4.69) is 4.74 Å². The molecule has 0 heterocycles. The fourth-order valence-electron chi connectivity index (χ4n) is 0.552. The van der Waals surface area contributed by atoms with Gasteiger partial charge in [-0.05, 0) is 11.6 Å². The van der Waals surface area contributed by atoms with Crippen molar-refractivity contribution < 1.29 is 29.3 Å². The summed E-state index contributed by atoms with van der Waals surface area (Å²) in [5.41, 5.74) is -0.688. The van der Waals surface area contributed by atoms with Gasteiger partial charge in [-0.1, -0.05) is 0 Å².